The molecule has 0 bridgehead atoms. The summed E-state index contributed by atoms with van der Waals surface area (Å²) in [5.74, 6) is 0.297. The second kappa shape index (κ2) is 4.53. The van der Waals surface area contributed by atoms with Crippen molar-refractivity contribution in [1.82, 2.24) is 9.78 Å². The maximum atomic E-state index is 13.8. The van der Waals surface area contributed by atoms with Crippen molar-refractivity contribution in [3.8, 4) is 5.69 Å². The van der Waals surface area contributed by atoms with Crippen molar-refractivity contribution in [2.24, 2.45) is 5.73 Å². The zero-order chi connectivity index (χ0) is 12.5. The van der Waals surface area contributed by atoms with Crippen LogP contribution in [0.4, 0.5) is 4.39 Å². The van der Waals surface area contributed by atoms with E-state index in [-0.39, 0.29) is 5.82 Å². The van der Waals surface area contributed by atoms with Gasteiger partial charge in [-0.15, -0.1) is 0 Å². The monoisotopic (exact) mass is 245 g/mol. The molecule has 4 heteroatoms. The molecule has 1 heterocycles. The van der Waals surface area contributed by atoms with Crippen LogP contribution in [-0.4, -0.2) is 16.3 Å². The van der Waals surface area contributed by atoms with Gasteiger partial charge in [-0.1, -0.05) is 12.1 Å². The molecule has 0 spiro atoms. The standard InChI is InChI=1S/C14H16FN3/c15-12-3-1-2-4-13(12)18-14(10-5-6-10)9-11(17-18)7-8-16/h1-4,9-10H,5-8,16H2. The van der Waals surface area contributed by atoms with E-state index < -0.39 is 0 Å². The third kappa shape index (κ3) is 2.04. The third-order valence-corrected chi connectivity index (χ3v) is 3.26. The number of hydrogen-bond donors (Lipinski definition) is 1. The first-order chi connectivity index (χ1) is 8.79. The van der Waals surface area contributed by atoms with Gasteiger partial charge in [-0.05, 0) is 37.6 Å². The van der Waals surface area contributed by atoms with Gasteiger partial charge in [-0.2, -0.15) is 5.10 Å². The number of rotatable bonds is 4. The summed E-state index contributed by atoms with van der Waals surface area (Å²) in [5, 5.41) is 4.49. The fraction of sp³-hybridized carbons (Fsp3) is 0.357. The number of nitrogens with zero attached hydrogens (tertiary/aromatic N) is 2. The Bertz CT molecular complexity index is 558. The van der Waals surface area contributed by atoms with Gasteiger partial charge >= 0.3 is 0 Å². The SMILES string of the molecule is NCCc1cc(C2CC2)n(-c2ccccc2F)n1. The van der Waals surface area contributed by atoms with E-state index >= 15 is 0 Å². The lowest BCUT2D eigenvalue weighted by atomic mass is 10.2. The van der Waals surface area contributed by atoms with Crippen molar-refractivity contribution in [1.29, 1.82) is 0 Å². The fourth-order valence-electron chi connectivity index (χ4n) is 2.20. The van der Waals surface area contributed by atoms with E-state index in [0.717, 1.165) is 17.8 Å². The number of nitrogens with two attached hydrogens (primary N) is 1. The highest BCUT2D eigenvalue weighted by atomic mass is 19.1. The molecule has 1 aliphatic carbocycles. The van der Waals surface area contributed by atoms with Gasteiger partial charge in [-0.25, -0.2) is 9.07 Å². The highest BCUT2D eigenvalue weighted by molar-refractivity contribution is 5.37. The van der Waals surface area contributed by atoms with Crippen LogP contribution in [0.1, 0.15) is 30.1 Å². The summed E-state index contributed by atoms with van der Waals surface area (Å²) >= 11 is 0. The summed E-state index contributed by atoms with van der Waals surface area (Å²) in [4.78, 5) is 0. The van der Waals surface area contributed by atoms with E-state index in [1.807, 2.05) is 6.07 Å². The maximum absolute atomic E-state index is 13.8. The summed E-state index contributed by atoms with van der Waals surface area (Å²) in [7, 11) is 0. The van der Waals surface area contributed by atoms with Crippen LogP contribution in [0.5, 0.6) is 0 Å². The van der Waals surface area contributed by atoms with Crippen molar-refractivity contribution in [2.45, 2.75) is 25.2 Å². The zero-order valence-corrected chi connectivity index (χ0v) is 10.1. The van der Waals surface area contributed by atoms with Crippen LogP contribution in [0, 0.1) is 5.82 Å². The minimum atomic E-state index is -0.234. The molecule has 0 aliphatic heterocycles. The van der Waals surface area contributed by atoms with Gasteiger partial charge in [0.1, 0.15) is 11.5 Å². The molecule has 0 saturated heterocycles. The van der Waals surface area contributed by atoms with Crippen LogP contribution < -0.4 is 5.73 Å². The van der Waals surface area contributed by atoms with Gasteiger partial charge in [0.2, 0.25) is 0 Å². The Morgan fingerprint density at radius 2 is 2.11 bits per heavy atom. The fourth-order valence-corrected chi connectivity index (χ4v) is 2.20. The number of aromatic nitrogens is 2. The Hall–Kier alpha value is -1.68. The zero-order valence-electron chi connectivity index (χ0n) is 10.1. The van der Waals surface area contributed by atoms with Crippen LogP contribution in [0.25, 0.3) is 5.69 Å². The van der Waals surface area contributed by atoms with Crippen LogP contribution in [0.3, 0.4) is 0 Å². The summed E-state index contributed by atoms with van der Waals surface area (Å²) < 4.78 is 15.6. The summed E-state index contributed by atoms with van der Waals surface area (Å²) in [6, 6.07) is 8.83. The molecule has 0 unspecified atom stereocenters. The Balaban J connectivity index is 2.07. The van der Waals surface area contributed by atoms with E-state index in [1.165, 1.54) is 18.9 Å². The van der Waals surface area contributed by atoms with Gasteiger partial charge in [0.15, 0.2) is 0 Å². The Labute approximate surface area is 105 Å². The molecule has 1 aromatic heterocycles. The maximum Gasteiger partial charge on any atom is 0.148 e. The minimum absolute atomic E-state index is 0.234. The minimum Gasteiger partial charge on any atom is -0.330 e. The molecule has 1 saturated carbocycles. The van der Waals surface area contributed by atoms with Gasteiger partial charge < -0.3 is 5.73 Å². The van der Waals surface area contributed by atoms with Crippen LogP contribution in [0.2, 0.25) is 0 Å². The van der Waals surface area contributed by atoms with Crippen molar-refractivity contribution < 1.29 is 4.39 Å². The van der Waals surface area contributed by atoms with E-state index in [0.29, 0.717) is 18.2 Å². The first-order valence-corrected chi connectivity index (χ1v) is 6.33. The van der Waals surface area contributed by atoms with E-state index in [1.54, 1.807) is 16.8 Å². The average molecular weight is 245 g/mol. The highest BCUT2D eigenvalue weighted by Crippen LogP contribution is 2.41. The van der Waals surface area contributed by atoms with Crippen molar-refractivity contribution in [2.75, 3.05) is 6.54 Å². The number of hydrogen-bond acceptors (Lipinski definition) is 2. The van der Waals surface area contributed by atoms with Gasteiger partial charge in [0.05, 0.1) is 5.69 Å². The molecule has 0 atom stereocenters. The predicted molar refractivity (Wildman–Crippen MR) is 68.3 cm³/mol. The topological polar surface area (TPSA) is 43.8 Å². The summed E-state index contributed by atoms with van der Waals surface area (Å²) in [5.41, 5.74) is 8.15. The molecule has 3 rings (SSSR count). The Kier molecular flexibility index (Phi) is 2.88. The lowest BCUT2D eigenvalue weighted by Gasteiger charge is -2.07. The lowest BCUT2D eigenvalue weighted by molar-refractivity contribution is 0.605. The molecule has 1 aliphatic rings. The quantitative estimate of drug-likeness (QED) is 0.898. The van der Waals surface area contributed by atoms with E-state index in [4.69, 9.17) is 5.73 Å². The van der Waals surface area contributed by atoms with Gasteiger partial charge in [0.25, 0.3) is 0 Å². The third-order valence-electron chi connectivity index (χ3n) is 3.26. The molecule has 94 valence electrons. The molecule has 2 N–H and O–H groups in total. The second-order valence-corrected chi connectivity index (χ2v) is 4.74. The van der Waals surface area contributed by atoms with Crippen molar-refractivity contribution in [3.63, 3.8) is 0 Å². The second-order valence-electron chi connectivity index (χ2n) is 4.74. The summed E-state index contributed by atoms with van der Waals surface area (Å²) in [6.45, 7) is 0.568. The highest BCUT2D eigenvalue weighted by Gasteiger charge is 2.29. The molecular weight excluding hydrogens is 229 g/mol. The largest absolute Gasteiger partial charge is 0.330 e. The van der Waals surface area contributed by atoms with Gasteiger partial charge in [-0.3, -0.25) is 0 Å². The molecule has 18 heavy (non-hydrogen) atoms. The summed E-state index contributed by atoms with van der Waals surface area (Å²) in [6.07, 6.45) is 3.07. The Morgan fingerprint density at radius 1 is 1.33 bits per heavy atom. The molecule has 3 nitrogen and oxygen atoms in total. The molecule has 2 aromatic rings. The van der Waals surface area contributed by atoms with E-state index in [9.17, 15) is 4.39 Å². The first kappa shape index (κ1) is 11.4. The predicted octanol–water partition coefficient (Wildman–Crippen LogP) is 2.39. The van der Waals surface area contributed by atoms with Crippen LogP contribution >= 0.6 is 0 Å². The van der Waals surface area contributed by atoms with Crippen molar-refractivity contribution in [3.05, 3.63) is 47.5 Å². The van der Waals surface area contributed by atoms with Crippen LogP contribution in [0.15, 0.2) is 30.3 Å². The molecule has 0 radical (unpaired) electrons. The number of para-hydroxylation sites is 1. The first-order valence-electron chi connectivity index (χ1n) is 6.33. The van der Waals surface area contributed by atoms with E-state index in [2.05, 4.69) is 11.2 Å². The van der Waals surface area contributed by atoms with Crippen LogP contribution in [-0.2, 0) is 6.42 Å². The van der Waals surface area contributed by atoms with Gasteiger partial charge in [0, 0.05) is 18.0 Å². The molecule has 1 fully saturated rings. The lowest BCUT2D eigenvalue weighted by Crippen LogP contribution is -2.06. The normalized spacial score (nSPS) is 15.0. The Morgan fingerprint density at radius 3 is 2.78 bits per heavy atom. The molecular formula is C14H16FN3. The molecule has 0 amide bonds. The number of benzene rings is 1. The average Bonchev–Trinajstić information content (AvgIpc) is 3.13. The number of halogens is 1. The molecule has 1 aromatic carbocycles. The smallest absolute Gasteiger partial charge is 0.148 e. The van der Waals surface area contributed by atoms with Crippen molar-refractivity contribution >= 4 is 0 Å².